The number of esters is 1. The van der Waals surface area contributed by atoms with E-state index in [2.05, 4.69) is 33.5 Å². The van der Waals surface area contributed by atoms with Crippen LogP contribution in [0, 0.1) is 11.8 Å². The molecule has 0 spiro atoms. The van der Waals surface area contributed by atoms with Crippen molar-refractivity contribution in [1.29, 1.82) is 0 Å². The Balaban J connectivity index is 1.77. The summed E-state index contributed by atoms with van der Waals surface area (Å²) in [4.78, 5) is 14.7. The molecule has 0 aliphatic heterocycles. The Labute approximate surface area is 176 Å². The molecule has 0 amide bonds. The van der Waals surface area contributed by atoms with Gasteiger partial charge in [0.2, 0.25) is 0 Å². The van der Waals surface area contributed by atoms with E-state index in [-0.39, 0.29) is 11.9 Å². The first-order valence-electron chi connectivity index (χ1n) is 11.3. The van der Waals surface area contributed by atoms with E-state index in [9.17, 15) is 4.79 Å². The van der Waals surface area contributed by atoms with Crippen LogP contribution in [-0.2, 0) is 9.53 Å². The van der Waals surface area contributed by atoms with E-state index in [1.54, 1.807) is 0 Å². The van der Waals surface area contributed by atoms with Crippen LogP contribution in [0.25, 0.3) is 0 Å². The lowest BCUT2D eigenvalue weighted by molar-refractivity contribution is -0.155. The van der Waals surface area contributed by atoms with E-state index >= 15 is 0 Å². The molecule has 2 aliphatic rings. The average molecular weight is 405 g/mol. The summed E-state index contributed by atoms with van der Waals surface area (Å²) in [6.45, 7) is 11.1. The van der Waals surface area contributed by atoms with Gasteiger partial charge in [0.1, 0.15) is 17.2 Å². The van der Waals surface area contributed by atoms with Gasteiger partial charge in [0, 0.05) is 24.4 Å². The summed E-state index contributed by atoms with van der Waals surface area (Å²) in [5, 5.41) is 9.31. The van der Waals surface area contributed by atoms with Gasteiger partial charge in [-0.1, -0.05) is 13.8 Å². The zero-order valence-corrected chi connectivity index (χ0v) is 19.4. The second-order valence-electron chi connectivity index (χ2n) is 10.9. The minimum absolute atomic E-state index is 0.00763. The van der Waals surface area contributed by atoms with Gasteiger partial charge in [-0.2, -0.15) is 0 Å². The van der Waals surface area contributed by atoms with Crippen molar-refractivity contribution in [2.45, 2.75) is 96.6 Å². The van der Waals surface area contributed by atoms with Gasteiger partial charge in [-0.3, -0.25) is 4.79 Å². The van der Waals surface area contributed by atoms with Crippen LogP contribution in [0.2, 0.25) is 0 Å². The number of carbonyl (C=O) groups excluding carboxylic acids is 1. The number of aromatic nitrogens is 3. The Kier molecular flexibility index (Phi) is 6.71. The number of hydrogen-bond acceptors (Lipinski definition) is 5. The number of likely N-dealkylation sites (N-methyl/N-ethyl adjacent to an activating group) is 1. The van der Waals surface area contributed by atoms with Crippen LogP contribution in [0.3, 0.4) is 0 Å². The van der Waals surface area contributed by atoms with E-state index in [1.165, 1.54) is 32.1 Å². The second-order valence-corrected chi connectivity index (χ2v) is 10.9. The van der Waals surface area contributed by atoms with E-state index in [4.69, 9.17) is 4.74 Å². The Morgan fingerprint density at radius 3 is 2.38 bits per heavy atom. The maximum absolute atomic E-state index is 12.6. The summed E-state index contributed by atoms with van der Waals surface area (Å²) in [7, 11) is 4.09. The van der Waals surface area contributed by atoms with Gasteiger partial charge in [-0.05, 0) is 78.8 Å². The lowest BCUT2D eigenvalue weighted by atomic mass is 9.71. The first-order chi connectivity index (χ1) is 13.5. The molecular formula is C23H40N4O2. The molecule has 1 atom stereocenters. The van der Waals surface area contributed by atoms with Crippen molar-refractivity contribution in [2.24, 2.45) is 11.8 Å². The van der Waals surface area contributed by atoms with Crippen LogP contribution < -0.4 is 0 Å². The maximum Gasteiger partial charge on any atom is 0.307 e. The summed E-state index contributed by atoms with van der Waals surface area (Å²) in [5.74, 6) is 4.11. The van der Waals surface area contributed by atoms with Crippen molar-refractivity contribution in [3.8, 4) is 0 Å². The van der Waals surface area contributed by atoms with E-state index in [0.717, 1.165) is 30.0 Å². The minimum Gasteiger partial charge on any atom is -0.460 e. The third kappa shape index (κ3) is 6.03. The molecule has 2 aliphatic carbocycles. The molecule has 2 fully saturated rings. The van der Waals surface area contributed by atoms with E-state index < -0.39 is 5.60 Å². The van der Waals surface area contributed by atoms with Gasteiger partial charge in [0.15, 0.2) is 0 Å². The first kappa shape index (κ1) is 22.3. The first-order valence-corrected chi connectivity index (χ1v) is 11.3. The number of nitrogens with zero attached hydrogens (tertiary/aromatic N) is 4. The van der Waals surface area contributed by atoms with Crippen LogP contribution in [-0.4, -0.2) is 51.9 Å². The Hall–Kier alpha value is -1.43. The molecule has 164 valence electrons. The fourth-order valence-electron chi connectivity index (χ4n) is 4.65. The van der Waals surface area contributed by atoms with Crippen molar-refractivity contribution in [1.82, 2.24) is 19.7 Å². The van der Waals surface area contributed by atoms with Crippen LogP contribution >= 0.6 is 0 Å². The predicted octanol–water partition coefficient (Wildman–Crippen LogP) is 4.53. The van der Waals surface area contributed by atoms with Crippen LogP contribution in [0.5, 0.6) is 0 Å². The van der Waals surface area contributed by atoms with Crippen molar-refractivity contribution < 1.29 is 9.53 Å². The largest absolute Gasteiger partial charge is 0.460 e. The highest BCUT2D eigenvalue weighted by Gasteiger charge is 2.40. The molecule has 6 nitrogen and oxygen atoms in total. The monoisotopic (exact) mass is 404 g/mol. The molecule has 0 aromatic carbocycles. The maximum atomic E-state index is 12.6. The Bertz CT molecular complexity index is 694. The molecule has 6 heteroatoms. The Morgan fingerprint density at radius 2 is 1.86 bits per heavy atom. The molecule has 0 bridgehead atoms. The van der Waals surface area contributed by atoms with Crippen LogP contribution in [0.15, 0.2) is 0 Å². The third-order valence-electron chi connectivity index (χ3n) is 5.85. The highest BCUT2D eigenvalue weighted by Crippen LogP contribution is 2.47. The van der Waals surface area contributed by atoms with Gasteiger partial charge >= 0.3 is 5.97 Å². The highest BCUT2D eigenvalue weighted by atomic mass is 16.6. The van der Waals surface area contributed by atoms with Crippen molar-refractivity contribution in [2.75, 3.05) is 20.6 Å². The van der Waals surface area contributed by atoms with Gasteiger partial charge in [0.25, 0.3) is 0 Å². The van der Waals surface area contributed by atoms with Gasteiger partial charge < -0.3 is 14.2 Å². The molecule has 2 saturated carbocycles. The molecule has 1 aromatic heterocycles. The summed E-state index contributed by atoms with van der Waals surface area (Å²) < 4.78 is 8.01. The van der Waals surface area contributed by atoms with Gasteiger partial charge in [-0.25, -0.2) is 0 Å². The molecule has 0 unspecified atom stereocenters. The number of ether oxygens (including phenoxy) is 1. The molecule has 0 radical (unpaired) electrons. The summed E-state index contributed by atoms with van der Waals surface area (Å²) in [6.07, 6.45) is 6.51. The van der Waals surface area contributed by atoms with E-state index in [1.807, 2.05) is 34.9 Å². The topological polar surface area (TPSA) is 60.2 Å². The molecule has 0 N–H and O–H groups in total. The van der Waals surface area contributed by atoms with Crippen molar-refractivity contribution >= 4 is 5.97 Å². The fourth-order valence-corrected chi connectivity index (χ4v) is 4.65. The molecule has 1 heterocycles. The smallest absolute Gasteiger partial charge is 0.307 e. The zero-order valence-electron chi connectivity index (χ0n) is 19.4. The van der Waals surface area contributed by atoms with Gasteiger partial charge in [0.05, 0.1) is 6.42 Å². The molecule has 0 saturated heterocycles. The molecular weight excluding hydrogens is 364 g/mol. The van der Waals surface area contributed by atoms with Crippen LogP contribution in [0.4, 0.5) is 0 Å². The third-order valence-corrected chi connectivity index (χ3v) is 5.85. The lowest BCUT2D eigenvalue weighted by Crippen LogP contribution is -2.30. The SMILES string of the molecule is CC(C)C[C@H]1C[C@@H](c2nnc([C@H](CC(=O)OC(C)(C)C)CN(C)C)n2C2CC2)C1. The summed E-state index contributed by atoms with van der Waals surface area (Å²) in [6, 6.07) is 0.516. The minimum atomic E-state index is -0.466. The molecule has 3 rings (SSSR count). The number of rotatable bonds is 9. The number of hydrogen-bond donors (Lipinski definition) is 0. The quantitative estimate of drug-likeness (QED) is 0.566. The zero-order chi connectivity index (χ0) is 21.3. The van der Waals surface area contributed by atoms with Crippen molar-refractivity contribution in [3.63, 3.8) is 0 Å². The average Bonchev–Trinajstić information content (AvgIpc) is 3.26. The predicted molar refractivity (Wildman–Crippen MR) is 115 cm³/mol. The Morgan fingerprint density at radius 1 is 1.21 bits per heavy atom. The molecule has 1 aromatic rings. The van der Waals surface area contributed by atoms with Gasteiger partial charge in [-0.15, -0.1) is 10.2 Å². The molecule has 29 heavy (non-hydrogen) atoms. The van der Waals surface area contributed by atoms with E-state index in [0.29, 0.717) is 18.4 Å². The van der Waals surface area contributed by atoms with Crippen molar-refractivity contribution in [3.05, 3.63) is 11.6 Å². The lowest BCUT2D eigenvalue weighted by Gasteiger charge is -2.36. The standard InChI is InChI=1S/C23H40N4O2/c1-15(2)10-16-11-17(12-16)21-24-25-22(27(21)19-8-9-19)18(14-26(6)7)13-20(28)29-23(3,4)5/h15-19H,8-14H2,1-7H3/t16-,17+,18-/m1/s1. The fraction of sp³-hybridized carbons (Fsp3) is 0.870. The van der Waals surface area contributed by atoms with Crippen LogP contribution in [0.1, 0.15) is 103 Å². The normalized spacial score (nSPS) is 23.3. The highest BCUT2D eigenvalue weighted by molar-refractivity contribution is 5.71. The number of carbonyl (C=O) groups is 1. The second kappa shape index (κ2) is 8.75. The summed E-state index contributed by atoms with van der Waals surface area (Å²) >= 11 is 0. The summed E-state index contributed by atoms with van der Waals surface area (Å²) in [5.41, 5.74) is -0.466.